The number of carbonyl (C=O) groups excluding carboxylic acids is 1. The number of halogens is 1. The van der Waals surface area contributed by atoms with Gasteiger partial charge >= 0.3 is 0 Å². The lowest BCUT2D eigenvalue weighted by Crippen LogP contribution is -2.13. The average molecular weight is 347 g/mol. The molecule has 1 fully saturated rings. The molecule has 2 aromatic rings. The molecule has 3 rings (SSSR count). The lowest BCUT2D eigenvalue weighted by molar-refractivity contribution is 0.1000. The number of nitrogens with one attached hydrogen (secondary N) is 1. The standard InChI is InChI=1S/C17H19ClN4O2/c18-14-8-12(16(19)23)10-22-17(14)21-9-11-5-6-20-15(7-11)24-13-3-1-2-4-13/h5-8,10,13H,1-4,9H2,(H2,19,23)(H,21,22). The summed E-state index contributed by atoms with van der Waals surface area (Å²) < 4.78 is 5.90. The monoisotopic (exact) mass is 346 g/mol. The molecule has 6 nitrogen and oxygen atoms in total. The zero-order valence-corrected chi connectivity index (χ0v) is 13.9. The minimum Gasteiger partial charge on any atom is -0.474 e. The maximum Gasteiger partial charge on any atom is 0.250 e. The van der Waals surface area contributed by atoms with Crippen LogP contribution >= 0.6 is 11.6 Å². The third kappa shape index (κ3) is 4.14. The van der Waals surface area contributed by atoms with E-state index in [-0.39, 0.29) is 11.7 Å². The number of primary amides is 1. The number of hydrogen-bond acceptors (Lipinski definition) is 5. The van der Waals surface area contributed by atoms with Crippen molar-refractivity contribution in [3.8, 4) is 5.88 Å². The first-order valence-corrected chi connectivity index (χ1v) is 8.30. The third-order valence-electron chi connectivity index (χ3n) is 3.97. The Morgan fingerprint density at radius 3 is 2.83 bits per heavy atom. The molecule has 1 saturated carbocycles. The van der Waals surface area contributed by atoms with Crippen LogP contribution in [0, 0.1) is 0 Å². The number of nitrogens with zero attached hydrogens (tertiary/aromatic N) is 2. The molecule has 0 unspecified atom stereocenters. The second kappa shape index (κ2) is 7.49. The zero-order valence-electron chi connectivity index (χ0n) is 13.2. The topological polar surface area (TPSA) is 90.1 Å². The van der Waals surface area contributed by atoms with Gasteiger partial charge in [0.05, 0.1) is 10.6 Å². The van der Waals surface area contributed by atoms with Gasteiger partial charge < -0.3 is 15.8 Å². The van der Waals surface area contributed by atoms with Gasteiger partial charge in [-0.05, 0) is 43.4 Å². The molecule has 0 radical (unpaired) electrons. The van der Waals surface area contributed by atoms with E-state index < -0.39 is 5.91 Å². The summed E-state index contributed by atoms with van der Waals surface area (Å²) in [6.45, 7) is 0.520. The summed E-state index contributed by atoms with van der Waals surface area (Å²) >= 11 is 6.11. The van der Waals surface area contributed by atoms with Gasteiger partial charge in [0, 0.05) is 25.0 Å². The van der Waals surface area contributed by atoms with Crippen LogP contribution in [0.25, 0.3) is 0 Å². The van der Waals surface area contributed by atoms with E-state index in [4.69, 9.17) is 22.1 Å². The summed E-state index contributed by atoms with van der Waals surface area (Å²) in [7, 11) is 0. The maximum absolute atomic E-state index is 11.1. The molecule has 0 saturated heterocycles. The first-order valence-electron chi connectivity index (χ1n) is 7.92. The quantitative estimate of drug-likeness (QED) is 0.838. The number of amides is 1. The molecule has 2 heterocycles. The van der Waals surface area contributed by atoms with Gasteiger partial charge in [-0.25, -0.2) is 9.97 Å². The van der Waals surface area contributed by atoms with E-state index in [1.807, 2.05) is 12.1 Å². The summed E-state index contributed by atoms with van der Waals surface area (Å²) in [4.78, 5) is 19.5. The molecular weight excluding hydrogens is 328 g/mol. The number of pyridine rings is 2. The lowest BCUT2D eigenvalue weighted by atomic mass is 10.2. The molecule has 1 aliphatic rings. The predicted molar refractivity (Wildman–Crippen MR) is 92.2 cm³/mol. The van der Waals surface area contributed by atoms with Crippen LogP contribution in [0.15, 0.2) is 30.6 Å². The summed E-state index contributed by atoms with van der Waals surface area (Å²) in [6.07, 6.45) is 8.03. The van der Waals surface area contributed by atoms with Gasteiger partial charge in [-0.3, -0.25) is 4.79 Å². The molecule has 0 bridgehead atoms. The number of nitrogens with two attached hydrogens (primary N) is 1. The molecular formula is C17H19ClN4O2. The second-order valence-corrected chi connectivity index (χ2v) is 6.21. The molecule has 7 heteroatoms. The molecule has 126 valence electrons. The van der Waals surface area contributed by atoms with Crippen LogP contribution < -0.4 is 15.8 Å². The molecule has 0 atom stereocenters. The minimum atomic E-state index is -0.557. The Balaban J connectivity index is 1.63. The van der Waals surface area contributed by atoms with Gasteiger partial charge in [0.15, 0.2) is 0 Å². The number of aromatic nitrogens is 2. The smallest absolute Gasteiger partial charge is 0.250 e. The number of rotatable bonds is 6. The fourth-order valence-corrected chi connectivity index (χ4v) is 2.92. The zero-order chi connectivity index (χ0) is 16.9. The molecule has 0 aromatic carbocycles. The third-order valence-corrected chi connectivity index (χ3v) is 4.26. The van der Waals surface area contributed by atoms with E-state index in [0.717, 1.165) is 18.4 Å². The van der Waals surface area contributed by atoms with Crippen LogP contribution in [0.3, 0.4) is 0 Å². The average Bonchev–Trinajstić information content (AvgIpc) is 3.07. The summed E-state index contributed by atoms with van der Waals surface area (Å²) in [5.41, 5.74) is 6.49. The van der Waals surface area contributed by atoms with Crippen LogP contribution in [-0.4, -0.2) is 22.0 Å². The summed E-state index contributed by atoms with van der Waals surface area (Å²) in [5, 5.41) is 3.49. The van der Waals surface area contributed by atoms with Crippen LogP contribution in [0.1, 0.15) is 41.6 Å². The first-order chi connectivity index (χ1) is 11.6. The van der Waals surface area contributed by atoms with Crippen LogP contribution in [0.5, 0.6) is 5.88 Å². The van der Waals surface area contributed by atoms with Crippen molar-refractivity contribution in [3.05, 3.63) is 46.7 Å². The Morgan fingerprint density at radius 1 is 1.33 bits per heavy atom. The molecule has 0 spiro atoms. The van der Waals surface area contributed by atoms with Crippen LogP contribution in [0.2, 0.25) is 5.02 Å². The Labute approximate surface area is 145 Å². The highest BCUT2D eigenvalue weighted by Gasteiger charge is 2.17. The fourth-order valence-electron chi connectivity index (χ4n) is 2.69. The molecule has 2 aromatic heterocycles. The Kier molecular flexibility index (Phi) is 5.15. The fraction of sp³-hybridized carbons (Fsp3) is 0.353. The molecule has 24 heavy (non-hydrogen) atoms. The van der Waals surface area contributed by atoms with Crippen molar-refractivity contribution in [2.24, 2.45) is 5.73 Å². The maximum atomic E-state index is 11.1. The van der Waals surface area contributed by atoms with E-state index in [1.165, 1.54) is 25.1 Å². The van der Waals surface area contributed by atoms with Crippen LogP contribution in [0.4, 0.5) is 5.82 Å². The number of anilines is 1. The van der Waals surface area contributed by atoms with Crippen molar-refractivity contribution >= 4 is 23.3 Å². The number of hydrogen-bond donors (Lipinski definition) is 2. The van der Waals surface area contributed by atoms with E-state index in [2.05, 4.69) is 15.3 Å². The first kappa shape index (κ1) is 16.5. The van der Waals surface area contributed by atoms with Gasteiger partial charge in [0.1, 0.15) is 11.9 Å². The van der Waals surface area contributed by atoms with Crippen molar-refractivity contribution in [3.63, 3.8) is 0 Å². The summed E-state index contributed by atoms with van der Waals surface area (Å²) in [6, 6.07) is 5.32. The Morgan fingerprint density at radius 2 is 2.12 bits per heavy atom. The van der Waals surface area contributed by atoms with E-state index in [1.54, 1.807) is 6.20 Å². The van der Waals surface area contributed by atoms with Crippen LogP contribution in [-0.2, 0) is 6.54 Å². The van der Waals surface area contributed by atoms with Gasteiger partial charge in [0.2, 0.25) is 11.8 Å². The minimum absolute atomic E-state index is 0.276. The van der Waals surface area contributed by atoms with E-state index in [0.29, 0.717) is 23.3 Å². The molecule has 1 amide bonds. The van der Waals surface area contributed by atoms with Crippen molar-refractivity contribution in [2.45, 2.75) is 38.3 Å². The second-order valence-electron chi connectivity index (χ2n) is 5.80. The normalized spacial score (nSPS) is 14.5. The Bertz CT molecular complexity index is 732. The van der Waals surface area contributed by atoms with Crippen molar-refractivity contribution in [2.75, 3.05) is 5.32 Å². The van der Waals surface area contributed by atoms with Gasteiger partial charge in [-0.2, -0.15) is 0 Å². The highest BCUT2D eigenvalue weighted by atomic mass is 35.5. The molecule has 0 aliphatic heterocycles. The molecule has 3 N–H and O–H groups in total. The van der Waals surface area contributed by atoms with Crippen molar-refractivity contribution in [1.29, 1.82) is 0 Å². The highest BCUT2D eigenvalue weighted by molar-refractivity contribution is 6.33. The number of ether oxygens (including phenoxy) is 1. The number of carbonyl (C=O) groups is 1. The van der Waals surface area contributed by atoms with Crippen molar-refractivity contribution in [1.82, 2.24) is 9.97 Å². The largest absolute Gasteiger partial charge is 0.474 e. The van der Waals surface area contributed by atoms with Crippen molar-refractivity contribution < 1.29 is 9.53 Å². The van der Waals surface area contributed by atoms with Gasteiger partial charge in [-0.15, -0.1) is 0 Å². The summed E-state index contributed by atoms with van der Waals surface area (Å²) in [5.74, 6) is 0.583. The van der Waals surface area contributed by atoms with Gasteiger partial charge in [-0.1, -0.05) is 11.6 Å². The SMILES string of the molecule is NC(=O)c1cnc(NCc2ccnc(OC3CCCC3)c2)c(Cl)c1. The van der Waals surface area contributed by atoms with Gasteiger partial charge in [0.25, 0.3) is 0 Å². The highest BCUT2D eigenvalue weighted by Crippen LogP contribution is 2.24. The van der Waals surface area contributed by atoms with E-state index >= 15 is 0 Å². The molecule has 1 aliphatic carbocycles. The lowest BCUT2D eigenvalue weighted by Gasteiger charge is -2.13. The predicted octanol–water partition coefficient (Wildman–Crippen LogP) is 3.16. The Hall–Kier alpha value is -2.34. The van der Waals surface area contributed by atoms with E-state index in [9.17, 15) is 4.79 Å².